The first-order valence-electron chi connectivity index (χ1n) is 4.38. The van der Waals surface area contributed by atoms with Crippen LogP contribution in [0.5, 0.6) is 0 Å². The predicted molar refractivity (Wildman–Crippen MR) is 48.1 cm³/mol. The molecule has 0 saturated heterocycles. The summed E-state index contributed by atoms with van der Waals surface area (Å²) in [4.78, 5) is 14.3. The molecule has 1 heterocycles. The van der Waals surface area contributed by atoms with Gasteiger partial charge in [-0.2, -0.15) is 0 Å². The quantitative estimate of drug-likeness (QED) is 0.508. The van der Waals surface area contributed by atoms with Crippen LogP contribution in [0.1, 0.15) is 19.8 Å². The van der Waals surface area contributed by atoms with Crippen LogP contribution in [0, 0.1) is 0 Å². The molecule has 0 radical (unpaired) electrons. The van der Waals surface area contributed by atoms with Gasteiger partial charge in [0.2, 0.25) is 0 Å². The number of esters is 1. The minimum absolute atomic E-state index is 0.206. The van der Waals surface area contributed by atoms with Crippen molar-refractivity contribution in [2.75, 3.05) is 6.61 Å². The van der Waals surface area contributed by atoms with Gasteiger partial charge in [-0.15, -0.1) is 0 Å². The Labute approximate surface area is 77.5 Å². The first kappa shape index (κ1) is 9.77. The van der Waals surface area contributed by atoms with Crippen LogP contribution in [-0.2, 0) is 16.1 Å². The lowest BCUT2D eigenvalue weighted by molar-refractivity contribution is -0.141. The number of ether oxygens (including phenoxy) is 1. The molecule has 1 aromatic heterocycles. The molecule has 1 rings (SSSR count). The number of imidazole rings is 1. The van der Waals surface area contributed by atoms with Crippen LogP contribution < -0.4 is 0 Å². The molecule has 0 atom stereocenters. The second kappa shape index (κ2) is 5.35. The topological polar surface area (TPSA) is 44.1 Å². The van der Waals surface area contributed by atoms with Crippen LogP contribution in [0.15, 0.2) is 18.7 Å². The van der Waals surface area contributed by atoms with E-state index < -0.39 is 0 Å². The van der Waals surface area contributed by atoms with Gasteiger partial charge in [-0.05, 0) is 12.8 Å². The fourth-order valence-electron chi connectivity index (χ4n) is 1.03. The Bertz CT molecular complexity index is 244. The lowest BCUT2D eigenvalue weighted by atomic mass is 10.3. The van der Waals surface area contributed by atoms with E-state index in [2.05, 4.69) is 4.98 Å². The Morgan fingerprint density at radius 1 is 1.54 bits per heavy atom. The molecule has 0 N–H and O–H groups in total. The highest BCUT2D eigenvalue weighted by Gasteiger charge is 1.93. The van der Waals surface area contributed by atoms with E-state index in [0.717, 1.165) is 19.4 Å². The summed E-state index contributed by atoms with van der Waals surface area (Å²) < 4.78 is 6.81. The van der Waals surface area contributed by atoms with Crippen LogP contribution in [0.25, 0.3) is 0 Å². The second-order valence-electron chi connectivity index (χ2n) is 2.85. The third-order valence-corrected chi connectivity index (χ3v) is 1.68. The highest BCUT2D eigenvalue weighted by molar-refractivity contribution is 5.65. The minimum Gasteiger partial charge on any atom is -0.466 e. The predicted octanol–water partition coefficient (Wildman–Crippen LogP) is 1.23. The van der Waals surface area contributed by atoms with Crippen molar-refractivity contribution in [3.8, 4) is 0 Å². The third kappa shape index (κ3) is 4.30. The van der Waals surface area contributed by atoms with E-state index >= 15 is 0 Å². The van der Waals surface area contributed by atoms with Gasteiger partial charge in [0.1, 0.15) is 0 Å². The first-order chi connectivity index (χ1) is 6.29. The molecule has 72 valence electrons. The highest BCUT2D eigenvalue weighted by Crippen LogP contribution is 1.95. The molecule has 0 bridgehead atoms. The summed E-state index contributed by atoms with van der Waals surface area (Å²) in [5.74, 6) is -0.206. The van der Waals surface area contributed by atoms with Crippen molar-refractivity contribution in [1.82, 2.24) is 9.55 Å². The first-order valence-corrected chi connectivity index (χ1v) is 4.38. The molecule has 0 aliphatic rings. The maximum Gasteiger partial charge on any atom is 0.302 e. The van der Waals surface area contributed by atoms with E-state index in [0.29, 0.717) is 6.61 Å². The molecule has 4 heteroatoms. The Kier molecular flexibility index (Phi) is 4.02. The average molecular weight is 182 g/mol. The van der Waals surface area contributed by atoms with Crippen LogP contribution in [0.2, 0.25) is 0 Å². The number of aryl methyl sites for hydroxylation is 1. The van der Waals surface area contributed by atoms with Gasteiger partial charge in [-0.1, -0.05) is 0 Å². The van der Waals surface area contributed by atoms with Gasteiger partial charge in [-0.25, -0.2) is 4.98 Å². The maximum atomic E-state index is 10.4. The minimum atomic E-state index is -0.206. The number of hydrogen-bond donors (Lipinski definition) is 0. The van der Waals surface area contributed by atoms with Gasteiger partial charge in [0.05, 0.1) is 12.9 Å². The molecule has 0 saturated carbocycles. The van der Waals surface area contributed by atoms with Crippen LogP contribution in [0.3, 0.4) is 0 Å². The fraction of sp³-hybridized carbons (Fsp3) is 0.556. The van der Waals surface area contributed by atoms with E-state index in [-0.39, 0.29) is 5.97 Å². The number of hydrogen-bond acceptors (Lipinski definition) is 3. The van der Waals surface area contributed by atoms with Crippen molar-refractivity contribution in [3.05, 3.63) is 18.7 Å². The molecular formula is C9H14N2O2. The Morgan fingerprint density at radius 2 is 2.38 bits per heavy atom. The highest BCUT2D eigenvalue weighted by atomic mass is 16.5. The molecule has 0 aliphatic heterocycles. The molecule has 0 aromatic carbocycles. The lowest BCUT2D eigenvalue weighted by Gasteiger charge is -2.02. The summed E-state index contributed by atoms with van der Waals surface area (Å²) in [5.41, 5.74) is 0. The van der Waals surface area contributed by atoms with Crippen molar-refractivity contribution >= 4 is 5.97 Å². The number of carbonyl (C=O) groups is 1. The number of rotatable bonds is 5. The van der Waals surface area contributed by atoms with E-state index in [4.69, 9.17) is 4.74 Å². The van der Waals surface area contributed by atoms with Gasteiger partial charge in [0.15, 0.2) is 0 Å². The lowest BCUT2D eigenvalue weighted by Crippen LogP contribution is -2.02. The molecule has 0 amide bonds. The molecular weight excluding hydrogens is 168 g/mol. The number of unbranched alkanes of at least 4 members (excludes halogenated alkanes) is 1. The summed E-state index contributed by atoms with van der Waals surface area (Å²) in [7, 11) is 0. The average Bonchev–Trinajstić information content (AvgIpc) is 2.55. The normalized spacial score (nSPS) is 9.92. The molecule has 0 aliphatic carbocycles. The zero-order valence-corrected chi connectivity index (χ0v) is 7.77. The molecule has 4 nitrogen and oxygen atoms in total. The largest absolute Gasteiger partial charge is 0.466 e. The van der Waals surface area contributed by atoms with Crippen molar-refractivity contribution in [1.29, 1.82) is 0 Å². The smallest absolute Gasteiger partial charge is 0.302 e. The summed E-state index contributed by atoms with van der Waals surface area (Å²) in [5, 5.41) is 0. The van der Waals surface area contributed by atoms with Gasteiger partial charge in [0, 0.05) is 25.9 Å². The van der Waals surface area contributed by atoms with Gasteiger partial charge < -0.3 is 9.30 Å². The Balaban J connectivity index is 1.99. The molecule has 13 heavy (non-hydrogen) atoms. The van der Waals surface area contributed by atoms with Crippen molar-refractivity contribution < 1.29 is 9.53 Å². The van der Waals surface area contributed by atoms with E-state index in [1.54, 1.807) is 12.5 Å². The number of aromatic nitrogens is 2. The molecule has 0 fully saturated rings. The van der Waals surface area contributed by atoms with Crippen LogP contribution in [0.4, 0.5) is 0 Å². The second-order valence-corrected chi connectivity index (χ2v) is 2.85. The fourth-order valence-corrected chi connectivity index (χ4v) is 1.03. The summed E-state index contributed by atoms with van der Waals surface area (Å²) >= 11 is 0. The van der Waals surface area contributed by atoms with Crippen LogP contribution in [-0.4, -0.2) is 22.1 Å². The molecule has 0 unspecified atom stereocenters. The SMILES string of the molecule is CC(=O)OCCCCn1ccnc1. The van der Waals surface area contributed by atoms with E-state index in [1.165, 1.54) is 6.92 Å². The zero-order chi connectivity index (χ0) is 9.52. The van der Waals surface area contributed by atoms with Gasteiger partial charge in [0.25, 0.3) is 0 Å². The standard InChI is InChI=1S/C9H14N2O2/c1-9(12)13-7-3-2-5-11-6-4-10-8-11/h4,6,8H,2-3,5,7H2,1H3. The molecule has 0 spiro atoms. The number of carbonyl (C=O) groups excluding carboxylic acids is 1. The van der Waals surface area contributed by atoms with Gasteiger partial charge in [-0.3, -0.25) is 4.79 Å². The van der Waals surface area contributed by atoms with Crippen molar-refractivity contribution in [2.24, 2.45) is 0 Å². The Morgan fingerprint density at radius 3 is 3.00 bits per heavy atom. The van der Waals surface area contributed by atoms with Crippen molar-refractivity contribution in [2.45, 2.75) is 26.3 Å². The third-order valence-electron chi connectivity index (χ3n) is 1.68. The van der Waals surface area contributed by atoms with Gasteiger partial charge >= 0.3 is 5.97 Å². The molecule has 1 aromatic rings. The zero-order valence-electron chi connectivity index (χ0n) is 7.77. The summed E-state index contributed by atoms with van der Waals surface area (Å²) in [6.07, 6.45) is 7.37. The van der Waals surface area contributed by atoms with E-state index in [9.17, 15) is 4.79 Å². The van der Waals surface area contributed by atoms with Crippen LogP contribution >= 0.6 is 0 Å². The Hall–Kier alpha value is -1.32. The van der Waals surface area contributed by atoms with E-state index in [1.807, 2.05) is 10.8 Å². The number of nitrogens with zero attached hydrogens (tertiary/aromatic N) is 2. The monoisotopic (exact) mass is 182 g/mol. The van der Waals surface area contributed by atoms with Crippen molar-refractivity contribution in [3.63, 3.8) is 0 Å². The summed E-state index contributed by atoms with van der Waals surface area (Å²) in [6, 6.07) is 0. The summed E-state index contributed by atoms with van der Waals surface area (Å²) in [6.45, 7) is 2.88. The maximum absolute atomic E-state index is 10.4.